The zero-order chi connectivity index (χ0) is 11.4. The first kappa shape index (κ1) is 10.9. The molecule has 0 fully saturated rings. The van der Waals surface area contributed by atoms with Crippen molar-refractivity contribution in [1.29, 1.82) is 0 Å². The lowest BCUT2D eigenvalue weighted by atomic mass is 10.0. The van der Waals surface area contributed by atoms with E-state index in [1.807, 2.05) is 0 Å². The Morgan fingerprint density at radius 1 is 0.938 bits per heavy atom. The van der Waals surface area contributed by atoms with E-state index in [1.165, 1.54) is 22.3 Å². The molecule has 0 aliphatic heterocycles. The highest BCUT2D eigenvalue weighted by Crippen LogP contribution is 2.14. The number of aryl methyl sites for hydroxylation is 2. The molecule has 0 atom stereocenters. The zero-order valence-corrected chi connectivity index (χ0v) is 9.90. The first-order valence-corrected chi connectivity index (χ1v) is 5.78. The summed E-state index contributed by atoms with van der Waals surface area (Å²) in [7, 11) is 0. The van der Waals surface area contributed by atoms with E-state index < -0.39 is 0 Å². The van der Waals surface area contributed by atoms with Gasteiger partial charge in [0.1, 0.15) is 0 Å². The normalized spacial score (nSPS) is 10.4. The molecule has 16 heavy (non-hydrogen) atoms. The molecule has 0 aliphatic carbocycles. The predicted octanol–water partition coefficient (Wildman–Crippen LogP) is 4.16. The molecule has 2 rings (SSSR count). The molecular weight excluding hydrogens is 192 g/mol. The van der Waals surface area contributed by atoms with Crippen LogP contribution in [0.1, 0.15) is 29.2 Å². The first-order valence-electron chi connectivity index (χ1n) is 5.78. The second-order valence-electron chi connectivity index (χ2n) is 4.15. The van der Waals surface area contributed by atoms with Crippen LogP contribution in [0.15, 0.2) is 48.5 Å². The minimum absolute atomic E-state index is 1.10. The minimum atomic E-state index is 1.10. The van der Waals surface area contributed by atoms with Gasteiger partial charge in [0.25, 0.3) is 0 Å². The van der Waals surface area contributed by atoms with E-state index in [1.54, 1.807) is 0 Å². The standard InChI is InChI=1S/C16H17/c1-3-14-7-9-15(10-8-14)12-16-6-4-5-13(2)11-16/h4-12H,3H2,1-2H3. The van der Waals surface area contributed by atoms with E-state index >= 15 is 0 Å². The van der Waals surface area contributed by atoms with Gasteiger partial charge in [-0.15, -0.1) is 0 Å². The van der Waals surface area contributed by atoms with Crippen molar-refractivity contribution in [2.45, 2.75) is 20.3 Å². The molecule has 0 unspecified atom stereocenters. The van der Waals surface area contributed by atoms with Crippen molar-refractivity contribution in [3.8, 4) is 0 Å². The average molecular weight is 209 g/mol. The summed E-state index contributed by atoms with van der Waals surface area (Å²) in [5.41, 5.74) is 5.23. The van der Waals surface area contributed by atoms with Crippen molar-refractivity contribution >= 4 is 0 Å². The lowest BCUT2D eigenvalue weighted by Crippen LogP contribution is -1.87. The molecule has 0 saturated carbocycles. The van der Waals surface area contributed by atoms with Crippen LogP contribution < -0.4 is 0 Å². The van der Waals surface area contributed by atoms with Gasteiger partial charge in [-0.05, 0) is 30.0 Å². The lowest BCUT2D eigenvalue weighted by Gasteiger charge is -2.03. The third-order valence-electron chi connectivity index (χ3n) is 2.76. The second kappa shape index (κ2) is 4.98. The second-order valence-corrected chi connectivity index (χ2v) is 4.15. The van der Waals surface area contributed by atoms with Crippen molar-refractivity contribution in [3.05, 3.63) is 77.2 Å². The summed E-state index contributed by atoms with van der Waals surface area (Å²) < 4.78 is 0. The molecule has 0 N–H and O–H groups in total. The lowest BCUT2D eigenvalue weighted by molar-refractivity contribution is 1.14. The highest BCUT2D eigenvalue weighted by Gasteiger charge is 1.97. The molecule has 81 valence electrons. The number of hydrogen-bond acceptors (Lipinski definition) is 0. The summed E-state index contributed by atoms with van der Waals surface area (Å²) in [4.78, 5) is 0. The van der Waals surface area contributed by atoms with E-state index in [4.69, 9.17) is 0 Å². The summed E-state index contributed by atoms with van der Waals surface area (Å²) in [6.45, 7) is 4.30. The zero-order valence-electron chi connectivity index (χ0n) is 9.90. The van der Waals surface area contributed by atoms with Gasteiger partial charge >= 0.3 is 0 Å². The maximum absolute atomic E-state index is 2.21. The first-order chi connectivity index (χ1) is 7.78. The molecule has 0 spiro atoms. The van der Waals surface area contributed by atoms with Crippen LogP contribution in [0.2, 0.25) is 0 Å². The smallest absolute Gasteiger partial charge is 0.0199 e. The molecule has 0 bridgehead atoms. The molecule has 0 heteroatoms. The van der Waals surface area contributed by atoms with Gasteiger partial charge in [-0.2, -0.15) is 0 Å². The van der Waals surface area contributed by atoms with Crippen LogP contribution in [0.25, 0.3) is 0 Å². The van der Waals surface area contributed by atoms with E-state index in [0.29, 0.717) is 0 Å². The SMILES string of the molecule is CCc1ccc([CH]c2cccc(C)c2)cc1. The number of benzene rings is 2. The average Bonchev–Trinajstić information content (AvgIpc) is 2.30. The Balaban J connectivity index is 2.14. The summed E-state index contributed by atoms with van der Waals surface area (Å²) in [6, 6.07) is 17.3. The summed E-state index contributed by atoms with van der Waals surface area (Å²) >= 11 is 0. The Kier molecular flexibility index (Phi) is 3.40. The van der Waals surface area contributed by atoms with Crippen molar-refractivity contribution in [3.63, 3.8) is 0 Å². The van der Waals surface area contributed by atoms with Gasteiger partial charge < -0.3 is 0 Å². The third kappa shape index (κ3) is 2.73. The molecule has 0 saturated heterocycles. The molecular formula is C16H17. The molecule has 0 aliphatic rings. The summed E-state index contributed by atoms with van der Waals surface area (Å²) in [5.74, 6) is 0. The Hall–Kier alpha value is -1.56. The van der Waals surface area contributed by atoms with Crippen molar-refractivity contribution < 1.29 is 0 Å². The molecule has 0 aromatic heterocycles. The van der Waals surface area contributed by atoms with Gasteiger partial charge in [0.05, 0.1) is 0 Å². The van der Waals surface area contributed by atoms with Crippen molar-refractivity contribution in [2.24, 2.45) is 0 Å². The quantitative estimate of drug-likeness (QED) is 0.712. The van der Waals surface area contributed by atoms with Crippen molar-refractivity contribution in [2.75, 3.05) is 0 Å². The van der Waals surface area contributed by atoms with Crippen LogP contribution in [0.4, 0.5) is 0 Å². The van der Waals surface area contributed by atoms with Gasteiger partial charge in [0.2, 0.25) is 0 Å². The Labute approximate surface area is 97.9 Å². The Morgan fingerprint density at radius 3 is 2.31 bits per heavy atom. The van der Waals surface area contributed by atoms with E-state index in [2.05, 4.69) is 68.8 Å². The summed E-state index contributed by atoms with van der Waals surface area (Å²) in [6.07, 6.45) is 3.32. The maximum atomic E-state index is 2.21. The van der Waals surface area contributed by atoms with Gasteiger partial charge in [0.15, 0.2) is 0 Å². The fourth-order valence-corrected chi connectivity index (χ4v) is 1.80. The minimum Gasteiger partial charge on any atom is -0.0617 e. The van der Waals surface area contributed by atoms with Crippen LogP contribution in [-0.4, -0.2) is 0 Å². The van der Waals surface area contributed by atoms with Gasteiger partial charge in [-0.1, -0.05) is 61.0 Å². The molecule has 2 aromatic carbocycles. The topological polar surface area (TPSA) is 0 Å². The van der Waals surface area contributed by atoms with Crippen LogP contribution in [0.3, 0.4) is 0 Å². The maximum Gasteiger partial charge on any atom is 0.0199 e. The molecule has 0 amide bonds. The highest BCUT2D eigenvalue weighted by molar-refractivity contribution is 5.39. The highest BCUT2D eigenvalue weighted by atomic mass is 14.0. The van der Waals surface area contributed by atoms with Crippen LogP contribution in [0.5, 0.6) is 0 Å². The number of hydrogen-bond donors (Lipinski definition) is 0. The number of rotatable bonds is 3. The van der Waals surface area contributed by atoms with Gasteiger partial charge in [0, 0.05) is 6.42 Å². The van der Waals surface area contributed by atoms with Crippen LogP contribution >= 0.6 is 0 Å². The molecule has 1 radical (unpaired) electrons. The molecule has 0 nitrogen and oxygen atoms in total. The molecule has 0 heterocycles. The third-order valence-corrected chi connectivity index (χ3v) is 2.76. The van der Waals surface area contributed by atoms with E-state index in [9.17, 15) is 0 Å². The van der Waals surface area contributed by atoms with Crippen molar-refractivity contribution in [1.82, 2.24) is 0 Å². The predicted molar refractivity (Wildman–Crippen MR) is 69.5 cm³/mol. The monoisotopic (exact) mass is 209 g/mol. The van der Waals surface area contributed by atoms with E-state index in [-0.39, 0.29) is 0 Å². The fourth-order valence-electron chi connectivity index (χ4n) is 1.80. The largest absolute Gasteiger partial charge is 0.0617 e. The van der Waals surface area contributed by atoms with Gasteiger partial charge in [-0.3, -0.25) is 0 Å². The molecule has 2 aromatic rings. The Bertz CT molecular complexity index is 452. The summed E-state index contributed by atoms with van der Waals surface area (Å²) in [5, 5.41) is 0. The van der Waals surface area contributed by atoms with E-state index in [0.717, 1.165) is 6.42 Å². The fraction of sp³-hybridized carbons (Fsp3) is 0.188. The van der Waals surface area contributed by atoms with Crippen LogP contribution in [-0.2, 0) is 6.42 Å². The van der Waals surface area contributed by atoms with Gasteiger partial charge in [-0.25, -0.2) is 0 Å². The van der Waals surface area contributed by atoms with Crippen LogP contribution in [0, 0.1) is 13.3 Å². The Morgan fingerprint density at radius 2 is 1.69 bits per heavy atom.